The summed E-state index contributed by atoms with van der Waals surface area (Å²) >= 11 is 14.0. The van der Waals surface area contributed by atoms with Crippen LogP contribution in [0.15, 0.2) is 36.8 Å². The van der Waals surface area contributed by atoms with E-state index in [4.69, 9.17) is 39.1 Å². The third-order valence-electron chi connectivity index (χ3n) is 6.73. The van der Waals surface area contributed by atoms with E-state index in [1.807, 2.05) is 0 Å². The van der Waals surface area contributed by atoms with Crippen LogP contribution in [0.3, 0.4) is 0 Å². The zero-order chi connectivity index (χ0) is 26.3. The summed E-state index contributed by atoms with van der Waals surface area (Å²) in [5.74, 6) is -0.0624. The SMILES string of the molecule is CSN1CC2(C1)CN(c1ncc(C(=N)c3cc(OCc4c(Cl)cncc4Cl)c(F)cc3N)cc1CO)C2. The Morgan fingerprint density at radius 3 is 2.54 bits per heavy atom. The Labute approximate surface area is 228 Å². The van der Waals surface area contributed by atoms with E-state index >= 15 is 0 Å². The molecule has 0 aliphatic carbocycles. The Kier molecular flexibility index (Phi) is 7.21. The summed E-state index contributed by atoms with van der Waals surface area (Å²) in [4.78, 5) is 10.6. The van der Waals surface area contributed by atoms with Gasteiger partial charge < -0.3 is 20.5 Å². The molecule has 4 N–H and O–H groups in total. The molecule has 4 heterocycles. The molecule has 2 saturated heterocycles. The van der Waals surface area contributed by atoms with Gasteiger partial charge in [-0.1, -0.05) is 35.1 Å². The number of nitrogens with zero attached hydrogens (tertiary/aromatic N) is 4. The minimum absolute atomic E-state index is 0.0331. The van der Waals surface area contributed by atoms with E-state index in [0.29, 0.717) is 32.2 Å². The number of rotatable bonds is 8. The van der Waals surface area contributed by atoms with Crippen molar-refractivity contribution in [3.8, 4) is 5.75 Å². The number of aromatic nitrogens is 2. The molecule has 2 aliphatic rings. The standard InChI is InChI=1S/C25H25Cl2FN6O2S/c1-37-34-12-25(13-34)10-33(11-25)24-15(8-35)2-14(5-32-24)23(30)16-3-22(20(28)4-21(16)29)36-9-17-18(26)6-31-7-19(17)27/h2-7,30,35H,8-13,29H2,1H3. The molecule has 0 amide bonds. The first-order valence-electron chi connectivity index (χ1n) is 11.5. The van der Waals surface area contributed by atoms with E-state index < -0.39 is 5.82 Å². The minimum Gasteiger partial charge on any atom is -0.486 e. The van der Waals surface area contributed by atoms with Gasteiger partial charge in [-0.3, -0.25) is 10.4 Å². The highest BCUT2D eigenvalue weighted by Gasteiger charge is 2.52. The lowest BCUT2D eigenvalue weighted by Crippen LogP contribution is -2.71. The van der Waals surface area contributed by atoms with E-state index in [2.05, 4.69) is 25.4 Å². The third kappa shape index (κ3) is 4.96. The van der Waals surface area contributed by atoms with E-state index in [1.165, 1.54) is 18.5 Å². The Hall–Kier alpha value is -2.63. The lowest BCUT2D eigenvalue weighted by Gasteiger charge is -2.60. The number of hydrogen-bond acceptors (Lipinski definition) is 9. The van der Waals surface area contributed by atoms with Gasteiger partial charge in [0, 0.05) is 84.2 Å². The second-order valence-corrected chi connectivity index (χ2v) is 11.0. The zero-order valence-electron chi connectivity index (χ0n) is 20.0. The maximum absolute atomic E-state index is 14.6. The molecule has 12 heteroatoms. The minimum atomic E-state index is -0.678. The highest BCUT2D eigenvalue weighted by atomic mass is 35.5. The van der Waals surface area contributed by atoms with Crippen molar-refractivity contribution in [2.75, 3.05) is 43.1 Å². The number of nitrogens with two attached hydrogens (primary N) is 1. The number of aliphatic hydroxyl groups is 1. The van der Waals surface area contributed by atoms with Gasteiger partial charge in [-0.05, 0) is 18.4 Å². The van der Waals surface area contributed by atoms with Gasteiger partial charge in [0.1, 0.15) is 12.4 Å². The molecule has 0 unspecified atom stereocenters. The monoisotopic (exact) mass is 562 g/mol. The molecule has 5 rings (SSSR count). The summed E-state index contributed by atoms with van der Waals surface area (Å²) in [5, 5.41) is 19.4. The van der Waals surface area contributed by atoms with Crippen molar-refractivity contribution in [3.05, 3.63) is 74.9 Å². The van der Waals surface area contributed by atoms with Gasteiger partial charge in [-0.15, -0.1) is 0 Å². The zero-order valence-corrected chi connectivity index (χ0v) is 22.3. The summed E-state index contributed by atoms with van der Waals surface area (Å²) in [6.07, 6.45) is 6.51. The van der Waals surface area contributed by atoms with Crippen molar-refractivity contribution in [2.24, 2.45) is 5.41 Å². The Balaban J connectivity index is 1.34. The molecule has 0 bridgehead atoms. The molecule has 0 radical (unpaired) electrons. The lowest BCUT2D eigenvalue weighted by atomic mass is 9.74. The molecule has 2 fully saturated rings. The van der Waals surface area contributed by atoms with Crippen LogP contribution in [0.4, 0.5) is 15.9 Å². The van der Waals surface area contributed by atoms with E-state index in [0.717, 1.165) is 38.1 Å². The maximum atomic E-state index is 14.6. The summed E-state index contributed by atoms with van der Waals surface area (Å²) < 4.78 is 22.6. The molecule has 1 spiro atoms. The first-order chi connectivity index (χ1) is 17.7. The normalized spacial score (nSPS) is 16.4. The van der Waals surface area contributed by atoms with Crippen LogP contribution in [0.1, 0.15) is 22.3 Å². The second-order valence-electron chi connectivity index (χ2n) is 9.32. The van der Waals surface area contributed by atoms with Gasteiger partial charge in [-0.25, -0.2) is 13.7 Å². The van der Waals surface area contributed by atoms with Crippen molar-refractivity contribution in [1.82, 2.24) is 14.3 Å². The van der Waals surface area contributed by atoms with Crippen molar-refractivity contribution >= 4 is 52.4 Å². The first-order valence-corrected chi connectivity index (χ1v) is 13.4. The topological polar surface area (TPSA) is 112 Å². The van der Waals surface area contributed by atoms with Crippen LogP contribution in [0, 0.1) is 16.6 Å². The average Bonchev–Trinajstić information content (AvgIpc) is 2.83. The number of aliphatic hydroxyl groups excluding tert-OH is 1. The number of halogens is 3. The average molecular weight is 563 g/mol. The Morgan fingerprint density at radius 1 is 1.19 bits per heavy atom. The van der Waals surface area contributed by atoms with E-state index in [9.17, 15) is 9.50 Å². The lowest BCUT2D eigenvalue weighted by molar-refractivity contribution is 0.0471. The van der Waals surface area contributed by atoms with Crippen LogP contribution < -0.4 is 15.4 Å². The van der Waals surface area contributed by atoms with E-state index in [1.54, 1.807) is 24.2 Å². The predicted molar refractivity (Wildman–Crippen MR) is 145 cm³/mol. The number of pyridine rings is 2. The molecule has 37 heavy (non-hydrogen) atoms. The third-order valence-corrected chi connectivity index (χ3v) is 8.16. The molecule has 3 aromatic rings. The largest absolute Gasteiger partial charge is 0.486 e. The van der Waals surface area contributed by atoms with Crippen LogP contribution in [0.2, 0.25) is 10.0 Å². The smallest absolute Gasteiger partial charge is 0.167 e. The fraction of sp³-hybridized carbons (Fsp3) is 0.320. The van der Waals surface area contributed by atoms with Crippen molar-refractivity contribution in [3.63, 3.8) is 0 Å². The van der Waals surface area contributed by atoms with Crippen LogP contribution in [0.5, 0.6) is 5.75 Å². The molecule has 0 saturated carbocycles. The molecule has 8 nitrogen and oxygen atoms in total. The molecule has 1 aromatic carbocycles. The molecule has 194 valence electrons. The van der Waals surface area contributed by atoms with Gasteiger partial charge in [0.25, 0.3) is 0 Å². The summed E-state index contributed by atoms with van der Waals surface area (Å²) in [6, 6.07) is 4.21. The van der Waals surface area contributed by atoms with Crippen LogP contribution in [-0.4, -0.2) is 57.5 Å². The quantitative estimate of drug-likeness (QED) is 0.210. The molecule has 0 atom stereocenters. The first kappa shape index (κ1) is 26.0. The molecular weight excluding hydrogens is 538 g/mol. The number of nitrogen functional groups attached to an aromatic ring is 1. The van der Waals surface area contributed by atoms with Crippen LogP contribution in [-0.2, 0) is 13.2 Å². The molecule has 2 aliphatic heterocycles. The highest BCUT2D eigenvalue weighted by molar-refractivity contribution is 7.96. The van der Waals surface area contributed by atoms with E-state index in [-0.39, 0.29) is 35.9 Å². The summed E-state index contributed by atoms with van der Waals surface area (Å²) in [6.45, 7) is 3.57. The van der Waals surface area contributed by atoms with Gasteiger partial charge >= 0.3 is 0 Å². The van der Waals surface area contributed by atoms with Crippen molar-refractivity contribution < 1.29 is 14.2 Å². The van der Waals surface area contributed by atoms with Crippen LogP contribution >= 0.6 is 35.1 Å². The number of hydrogen-bond donors (Lipinski definition) is 3. The van der Waals surface area contributed by atoms with Gasteiger partial charge in [0.15, 0.2) is 11.6 Å². The molecule has 2 aromatic heterocycles. The number of ether oxygens (including phenoxy) is 1. The Bertz CT molecular complexity index is 1340. The highest BCUT2D eigenvalue weighted by Crippen LogP contribution is 2.44. The summed E-state index contributed by atoms with van der Waals surface area (Å²) in [5.41, 5.74) is 8.29. The van der Waals surface area contributed by atoms with Gasteiger partial charge in [-0.2, -0.15) is 0 Å². The van der Waals surface area contributed by atoms with Crippen molar-refractivity contribution in [2.45, 2.75) is 13.2 Å². The maximum Gasteiger partial charge on any atom is 0.167 e. The van der Waals surface area contributed by atoms with Gasteiger partial charge in [0.2, 0.25) is 0 Å². The van der Waals surface area contributed by atoms with Crippen LogP contribution in [0.25, 0.3) is 0 Å². The number of benzene rings is 1. The predicted octanol–water partition coefficient (Wildman–Crippen LogP) is 4.39. The fourth-order valence-corrected chi connectivity index (χ4v) is 6.04. The number of nitrogens with one attached hydrogen (secondary N) is 1. The fourth-order valence-electron chi connectivity index (χ4n) is 4.76. The second kappa shape index (κ2) is 10.3. The van der Waals surface area contributed by atoms with Gasteiger partial charge in [0.05, 0.1) is 22.4 Å². The van der Waals surface area contributed by atoms with Crippen molar-refractivity contribution in [1.29, 1.82) is 5.41 Å². The Morgan fingerprint density at radius 2 is 1.89 bits per heavy atom. The summed E-state index contributed by atoms with van der Waals surface area (Å²) in [7, 11) is 0. The number of anilines is 2. The molecular formula is C25H25Cl2FN6O2S.